The Labute approximate surface area is 121 Å². The summed E-state index contributed by atoms with van der Waals surface area (Å²) in [6.45, 7) is 4.55. The van der Waals surface area contributed by atoms with Crippen LogP contribution in [0.15, 0.2) is 24.3 Å². The molecule has 1 aliphatic rings. The van der Waals surface area contributed by atoms with Crippen molar-refractivity contribution in [1.29, 1.82) is 0 Å². The lowest BCUT2D eigenvalue weighted by Crippen LogP contribution is -2.44. The predicted molar refractivity (Wildman–Crippen MR) is 80.0 cm³/mol. The molecule has 1 N–H and O–H groups in total. The summed E-state index contributed by atoms with van der Waals surface area (Å²) in [4.78, 5) is 14.1. The number of methoxy groups -OCH3 is 1. The van der Waals surface area contributed by atoms with Crippen LogP contribution in [0.5, 0.6) is 5.75 Å². The summed E-state index contributed by atoms with van der Waals surface area (Å²) < 4.78 is 5.33. The first kappa shape index (κ1) is 14.9. The first-order valence-corrected chi connectivity index (χ1v) is 7.36. The number of benzene rings is 1. The van der Waals surface area contributed by atoms with E-state index in [-0.39, 0.29) is 11.9 Å². The standard InChI is InChI=1S/C16H24N2O2/c1-13(16(19)18-11-5-6-12-18)17-10-9-14-7-3-4-8-15(14)20-2/h3-4,7-8,13,17H,5-6,9-12H2,1-2H3. The van der Waals surface area contributed by atoms with Gasteiger partial charge in [-0.15, -0.1) is 0 Å². The smallest absolute Gasteiger partial charge is 0.239 e. The molecule has 2 rings (SSSR count). The van der Waals surface area contributed by atoms with Crippen LogP contribution in [0.4, 0.5) is 0 Å². The normalized spacial score (nSPS) is 16.2. The lowest BCUT2D eigenvalue weighted by atomic mass is 10.1. The lowest BCUT2D eigenvalue weighted by molar-refractivity contribution is -0.131. The van der Waals surface area contributed by atoms with Gasteiger partial charge in [-0.3, -0.25) is 4.79 Å². The highest BCUT2D eigenvalue weighted by Gasteiger charge is 2.22. The molecule has 20 heavy (non-hydrogen) atoms. The van der Waals surface area contributed by atoms with E-state index in [0.717, 1.165) is 44.6 Å². The summed E-state index contributed by atoms with van der Waals surface area (Å²) >= 11 is 0. The molecule has 0 bridgehead atoms. The van der Waals surface area contributed by atoms with Gasteiger partial charge in [-0.1, -0.05) is 18.2 Å². The molecule has 4 heteroatoms. The molecule has 1 saturated heterocycles. The molecule has 1 aromatic carbocycles. The zero-order valence-electron chi connectivity index (χ0n) is 12.4. The molecule has 1 unspecified atom stereocenters. The number of hydrogen-bond donors (Lipinski definition) is 1. The van der Waals surface area contributed by atoms with Gasteiger partial charge in [0.2, 0.25) is 5.91 Å². The van der Waals surface area contributed by atoms with Crippen LogP contribution in [0.2, 0.25) is 0 Å². The van der Waals surface area contributed by atoms with Gasteiger partial charge in [0.05, 0.1) is 13.2 Å². The van der Waals surface area contributed by atoms with Crippen molar-refractivity contribution in [3.05, 3.63) is 29.8 Å². The molecular weight excluding hydrogens is 252 g/mol. The van der Waals surface area contributed by atoms with E-state index in [1.807, 2.05) is 30.0 Å². The van der Waals surface area contributed by atoms with Crippen molar-refractivity contribution in [2.75, 3.05) is 26.7 Å². The Bertz CT molecular complexity index is 442. The Morgan fingerprint density at radius 3 is 2.75 bits per heavy atom. The van der Waals surface area contributed by atoms with E-state index in [4.69, 9.17) is 4.74 Å². The maximum absolute atomic E-state index is 12.1. The van der Waals surface area contributed by atoms with Crippen molar-refractivity contribution in [1.82, 2.24) is 10.2 Å². The minimum Gasteiger partial charge on any atom is -0.496 e. The number of amides is 1. The summed E-state index contributed by atoms with van der Waals surface area (Å²) in [7, 11) is 1.69. The number of hydrogen-bond acceptors (Lipinski definition) is 3. The number of para-hydroxylation sites is 1. The number of likely N-dealkylation sites (tertiary alicyclic amines) is 1. The summed E-state index contributed by atoms with van der Waals surface area (Å²) in [5, 5.41) is 3.31. The van der Waals surface area contributed by atoms with E-state index < -0.39 is 0 Å². The lowest BCUT2D eigenvalue weighted by Gasteiger charge is -2.21. The molecule has 0 aliphatic carbocycles. The second kappa shape index (κ2) is 7.29. The second-order valence-electron chi connectivity index (χ2n) is 5.27. The summed E-state index contributed by atoms with van der Waals surface area (Å²) in [5.41, 5.74) is 1.17. The average molecular weight is 276 g/mol. The first-order chi connectivity index (χ1) is 9.72. The minimum atomic E-state index is -0.109. The number of nitrogens with zero attached hydrogens (tertiary/aromatic N) is 1. The highest BCUT2D eigenvalue weighted by atomic mass is 16.5. The quantitative estimate of drug-likeness (QED) is 0.862. The maximum atomic E-state index is 12.1. The third kappa shape index (κ3) is 3.73. The maximum Gasteiger partial charge on any atom is 0.239 e. The van der Waals surface area contributed by atoms with Crippen LogP contribution in [0.3, 0.4) is 0 Å². The van der Waals surface area contributed by atoms with Crippen molar-refractivity contribution in [3.63, 3.8) is 0 Å². The Balaban J connectivity index is 1.78. The number of carbonyl (C=O) groups excluding carboxylic acids is 1. The van der Waals surface area contributed by atoms with E-state index in [2.05, 4.69) is 11.4 Å². The van der Waals surface area contributed by atoms with Crippen molar-refractivity contribution < 1.29 is 9.53 Å². The predicted octanol–water partition coefficient (Wildman–Crippen LogP) is 1.84. The van der Waals surface area contributed by atoms with E-state index in [9.17, 15) is 4.79 Å². The third-order valence-electron chi connectivity index (χ3n) is 3.83. The molecule has 4 nitrogen and oxygen atoms in total. The molecule has 0 radical (unpaired) electrons. The Morgan fingerprint density at radius 2 is 2.05 bits per heavy atom. The number of ether oxygens (including phenoxy) is 1. The fourth-order valence-corrected chi connectivity index (χ4v) is 2.63. The van der Waals surface area contributed by atoms with Crippen LogP contribution in [0.1, 0.15) is 25.3 Å². The Morgan fingerprint density at radius 1 is 1.35 bits per heavy atom. The van der Waals surface area contributed by atoms with Crippen LogP contribution < -0.4 is 10.1 Å². The topological polar surface area (TPSA) is 41.6 Å². The summed E-state index contributed by atoms with van der Waals surface area (Å²) in [6.07, 6.45) is 3.14. The fraction of sp³-hybridized carbons (Fsp3) is 0.562. The van der Waals surface area contributed by atoms with Gasteiger partial charge in [0.1, 0.15) is 5.75 Å². The number of rotatable bonds is 6. The van der Waals surface area contributed by atoms with E-state index in [1.54, 1.807) is 7.11 Å². The molecule has 0 aromatic heterocycles. The van der Waals surface area contributed by atoms with Crippen LogP contribution in [0, 0.1) is 0 Å². The number of carbonyl (C=O) groups is 1. The van der Waals surface area contributed by atoms with Gasteiger partial charge in [0.15, 0.2) is 0 Å². The van der Waals surface area contributed by atoms with Crippen molar-refractivity contribution in [3.8, 4) is 5.75 Å². The highest BCUT2D eigenvalue weighted by molar-refractivity contribution is 5.81. The van der Waals surface area contributed by atoms with Gasteiger partial charge in [0, 0.05) is 19.6 Å². The van der Waals surface area contributed by atoms with Gasteiger partial charge < -0.3 is 15.0 Å². The summed E-state index contributed by atoms with van der Waals surface area (Å²) in [5.74, 6) is 1.13. The molecular formula is C16H24N2O2. The first-order valence-electron chi connectivity index (χ1n) is 7.36. The van der Waals surface area contributed by atoms with Crippen LogP contribution >= 0.6 is 0 Å². The van der Waals surface area contributed by atoms with Crippen molar-refractivity contribution >= 4 is 5.91 Å². The minimum absolute atomic E-state index is 0.109. The molecule has 0 spiro atoms. The molecule has 110 valence electrons. The van der Waals surface area contributed by atoms with Gasteiger partial charge in [-0.05, 0) is 37.8 Å². The molecule has 1 heterocycles. The van der Waals surface area contributed by atoms with Crippen molar-refractivity contribution in [2.24, 2.45) is 0 Å². The second-order valence-corrected chi connectivity index (χ2v) is 5.27. The Hall–Kier alpha value is -1.55. The molecule has 0 saturated carbocycles. The van der Waals surface area contributed by atoms with Crippen LogP contribution in [0.25, 0.3) is 0 Å². The Kier molecular flexibility index (Phi) is 5.41. The zero-order chi connectivity index (χ0) is 14.4. The molecule has 1 amide bonds. The van der Waals surface area contributed by atoms with Crippen LogP contribution in [-0.2, 0) is 11.2 Å². The monoisotopic (exact) mass is 276 g/mol. The van der Waals surface area contributed by atoms with Gasteiger partial charge in [-0.25, -0.2) is 0 Å². The average Bonchev–Trinajstić information content (AvgIpc) is 3.01. The zero-order valence-corrected chi connectivity index (χ0v) is 12.4. The SMILES string of the molecule is COc1ccccc1CCNC(C)C(=O)N1CCCC1. The largest absolute Gasteiger partial charge is 0.496 e. The van der Waals surface area contributed by atoms with Gasteiger partial charge in [0.25, 0.3) is 0 Å². The number of nitrogens with one attached hydrogen (secondary N) is 1. The van der Waals surface area contributed by atoms with E-state index >= 15 is 0 Å². The fourth-order valence-electron chi connectivity index (χ4n) is 2.63. The van der Waals surface area contributed by atoms with Gasteiger partial charge >= 0.3 is 0 Å². The molecule has 1 atom stereocenters. The highest BCUT2D eigenvalue weighted by Crippen LogP contribution is 2.17. The van der Waals surface area contributed by atoms with Crippen LogP contribution in [-0.4, -0.2) is 43.6 Å². The van der Waals surface area contributed by atoms with E-state index in [1.165, 1.54) is 5.56 Å². The van der Waals surface area contributed by atoms with E-state index in [0.29, 0.717) is 0 Å². The molecule has 1 aromatic rings. The van der Waals surface area contributed by atoms with Crippen molar-refractivity contribution in [2.45, 2.75) is 32.2 Å². The summed E-state index contributed by atoms with van der Waals surface area (Å²) in [6, 6.07) is 7.90. The molecule has 1 fully saturated rings. The third-order valence-corrected chi connectivity index (χ3v) is 3.83. The van der Waals surface area contributed by atoms with Gasteiger partial charge in [-0.2, -0.15) is 0 Å². The molecule has 1 aliphatic heterocycles.